The molecule has 0 aliphatic carbocycles. The Morgan fingerprint density at radius 1 is 1.00 bits per heavy atom. The maximum atomic E-state index is 12.4. The Balaban J connectivity index is 1.80. The second-order valence-corrected chi connectivity index (χ2v) is 8.24. The van der Waals surface area contributed by atoms with Crippen molar-refractivity contribution in [3.8, 4) is 5.75 Å². The van der Waals surface area contributed by atoms with Crippen molar-refractivity contribution >= 4 is 15.9 Å². The highest BCUT2D eigenvalue weighted by molar-refractivity contribution is 7.89. The molecule has 0 saturated carbocycles. The molecule has 0 atom stereocenters. The van der Waals surface area contributed by atoms with E-state index in [2.05, 4.69) is 10.0 Å². The molecule has 7 heteroatoms. The van der Waals surface area contributed by atoms with Crippen molar-refractivity contribution in [3.63, 3.8) is 0 Å². The lowest BCUT2D eigenvalue weighted by Gasteiger charge is -2.12. The summed E-state index contributed by atoms with van der Waals surface area (Å²) in [5, 5.41) is 2.65. The van der Waals surface area contributed by atoms with Crippen LogP contribution in [0.3, 0.4) is 0 Å². The minimum atomic E-state index is -3.61. The molecule has 0 aromatic heterocycles. The molecule has 0 radical (unpaired) electrons. The number of benzene rings is 2. The molecule has 27 heavy (non-hydrogen) atoms. The molecular formula is C20H26N2O4S. The molecular weight excluding hydrogens is 364 g/mol. The van der Waals surface area contributed by atoms with Gasteiger partial charge >= 0.3 is 0 Å². The first-order valence-electron chi connectivity index (χ1n) is 8.73. The lowest BCUT2D eigenvalue weighted by molar-refractivity contribution is -0.123. The first-order valence-corrected chi connectivity index (χ1v) is 10.2. The molecule has 0 unspecified atom stereocenters. The number of aryl methyl sites for hydroxylation is 3. The summed E-state index contributed by atoms with van der Waals surface area (Å²) in [5.41, 5.74) is 3.64. The van der Waals surface area contributed by atoms with Gasteiger partial charge in [-0.05, 0) is 62.1 Å². The highest BCUT2D eigenvalue weighted by Gasteiger charge is 2.16. The molecule has 1 amide bonds. The van der Waals surface area contributed by atoms with Gasteiger partial charge in [0.15, 0.2) is 6.61 Å². The molecule has 0 aliphatic heterocycles. The van der Waals surface area contributed by atoms with E-state index in [4.69, 9.17) is 4.74 Å². The molecule has 2 rings (SSSR count). The number of carbonyl (C=O) groups is 1. The molecule has 6 nitrogen and oxygen atoms in total. The zero-order valence-electron chi connectivity index (χ0n) is 16.1. The van der Waals surface area contributed by atoms with Crippen molar-refractivity contribution in [2.75, 3.05) is 19.7 Å². The van der Waals surface area contributed by atoms with Crippen LogP contribution in [0.25, 0.3) is 0 Å². The van der Waals surface area contributed by atoms with Gasteiger partial charge in [0.25, 0.3) is 5.91 Å². The molecule has 0 saturated heterocycles. The maximum Gasteiger partial charge on any atom is 0.257 e. The first kappa shape index (κ1) is 20.9. The van der Waals surface area contributed by atoms with Crippen molar-refractivity contribution in [2.24, 2.45) is 0 Å². The van der Waals surface area contributed by atoms with E-state index in [0.717, 1.165) is 16.7 Å². The van der Waals surface area contributed by atoms with Crippen molar-refractivity contribution in [2.45, 2.75) is 32.6 Å². The molecule has 0 bridgehead atoms. The van der Waals surface area contributed by atoms with Crippen LogP contribution in [0.4, 0.5) is 0 Å². The summed E-state index contributed by atoms with van der Waals surface area (Å²) in [7, 11) is -3.61. The zero-order valence-corrected chi connectivity index (χ0v) is 16.9. The van der Waals surface area contributed by atoms with Gasteiger partial charge in [0.2, 0.25) is 10.0 Å². The van der Waals surface area contributed by atoms with Crippen LogP contribution in [0.2, 0.25) is 0 Å². The number of hydrogen-bond donors (Lipinski definition) is 2. The minimum absolute atomic E-state index is 0.102. The summed E-state index contributed by atoms with van der Waals surface area (Å²) in [5.74, 6) is 0.364. The highest BCUT2D eigenvalue weighted by atomic mass is 32.2. The van der Waals surface area contributed by atoms with Gasteiger partial charge in [-0.1, -0.05) is 24.3 Å². The lowest BCUT2D eigenvalue weighted by Crippen LogP contribution is -2.37. The maximum absolute atomic E-state index is 12.4. The van der Waals surface area contributed by atoms with Gasteiger partial charge in [-0.25, -0.2) is 13.1 Å². The average molecular weight is 391 g/mol. The molecule has 0 fully saturated rings. The van der Waals surface area contributed by atoms with Crippen molar-refractivity contribution < 1.29 is 17.9 Å². The van der Waals surface area contributed by atoms with Crippen LogP contribution in [-0.4, -0.2) is 34.0 Å². The van der Waals surface area contributed by atoms with E-state index in [9.17, 15) is 13.2 Å². The standard InChI is InChI=1S/C20H26N2O4S/c1-14-8-9-16(3)19(12-14)27(24,25)22-11-10-21-20(23)13-26-18-7-5-6-15(2)17(18)4/h5-9,12,22H,10-11,13H2,1-4H3,(H,21,23). The largest absolute Gasteiger partial charge is 0.483 e. The summed E-state index contributed by atoms with van der Waals surface area (Å²) < 4.78 is 32.8. The number of amides is 1. The van der Waals surface area contributed by atoms with Gasteiger partial charge in [0, 0.05) is 13.1 Å². The Kier molecular flexibility index (Phi) is 6.98. The fourth-order valence-corrected chi connectivity index (χ4v) is 3.90. The van der Waals surface area contributed by atoms with E-state index in [-0.39, 0.29) is 30.5 Å². The third-order valence-electron chi connectivity index (χ3n) is 4.29. The quantitative estimate of drug-likeness (QED) is 0.678. The normalized spacial score (nSPS) is 11.3. The van der Waals surface area contributed by atoms with E-state index in [1.165, 1.54) is 0 Å². The van der Waals surface area contributed by atoms with Gasteiger partial charge in [0.05, 0.1) is 4.90 Å². The van der Waals surface area contributed by atoms with Gasteiger partial charge in [-0.3, -0.25) is 4.79 Å². The molecule has 146 valence electrons. The predicted molar refractivity (Wildman–Crippen MR) is 106 cm³/mol. The van der Waals surface area contributed by atoms with Crippen LogP contribution >= 0.6 is 0 Å². The van der Waals surface area contributed by atoms with E-state index in [1.807, 2.05) is 45.0 Å². The summed E-state index contributed by atoms with van der Waals surface area (Å²) in [6.07, 6.45) is 0. The smallest absolute Gasteiger partial charge is 0.257 e. The van der Waals surface area contributed by atoms with Crippen LogP contribution in [0, 0.1) is 27.7 Å². The Hall–Kier alpha value is -2.38. The van der Waals surface area contributed by atoms with E-state index < -0.39 is 10.0 Å². The second-order valence-electron chi connectivity index (χ2n) is 6.50. The summed E-state index contributed by atoms with van der Waals surface area (Å²) >= 11 is 0. The fourth-order valence-electron chi connectivity index (χ4n) is 2.54. The lowest BCUT2D eigenvalue weighted by atomic mass is 10.1. The number of rotatable bonds is 8. The van der Waals surface area contributed by atoms with Crippen LogP contribution in [0.5, 0.6) is 5.75 Å². The number of ether oxygens (including phenoxy) is 1. The fraction of sp³-hybridized carbons (Fsp3) is 0.350. The number of sulfonamides is 1. The number of carbonyl (C=O) groups excluding carboxylic acids is 1. The summed E-state index contributed by atoms with van der Waals surface area (Å²) in [6, 6.07) is 10.9. The number of hydrogen-bond acceptors (Lipinski definition) is 4. The molecule has 2 aromatic carbocycles. The Morgan fingerprint density at radius 2 is 1.74 bits per heavy atom. The first-order chi connectivity index (χ1) is 12.7. The highest BCUT2D eigenvalue weighted by Crippen LogP contribution is 2.20. The van der Waals surface area contributed by atoms with Crippen molar-refractivity contribution in [1.29, 1.82) is 0 Å². The van der Waals surface area contributed by atoms with Gasteiger partial charge in [-0.2, -0.15) is 0 Å². The Bertz CT molecular complexity index is 924. The molecule has 2 N–H and O–H groups in total. The summed E-state index contributed by atoms with van der Waals surface area (Å²) in [4.78, 5) is 12.1. The van der Waals surface area contributed by atoms with Crippen LogP contribution in [0.1, 0.15) is 22.3 Å². The number of nitrogens with one attached hydrogen (secondary N) is 2. The Morgan fingerprint density at radius 3 is 2.48 bits per heavy atom. The second kappa shape index (κ2) is 9.01. The van der Waals surface area contributed by atoms with Crippen molar-refractivity contribution in [1.82, 2.24) is 10.0 Å². The topological polar surface area (TPSA) is 84.5 Å². The van der Waals surface area contributed by atoms with E-state index in [1.54, 1.807) is 19.1 Å². The molecule has 0 aliphatic rings. The zero-order chi connectivity index (χ0) is 20.0. The van der Waals surface area contributed by atoms with E-state index >= 15 is 0 Å². The third-order valence-corrected chi connectivity index (χ3v) is 5.89. The third kappa shape index (κ3) is 5.80. The average Bonchev–Trinajstić information content (AvgIpc) is 2.62. The minimum Gasteiger partial charge on any atom is -0.483 e. The monoisotopic (exact) mass is 390 g/mol. The van der Waals surface area contributed by atoms with Crippen LogP contribution in [0.15, 0.2) is 41.3 Å². The molecule has 0 heterocycles. The van der Waals surface area contributed by atoms with Crippen LogP contribution < -0.4 is 14.8 Å². The van der Waals surface area contributed by atoms with Crippen LogP contribution in [-0.2, 0) is 14.8 Å². The Labute approximate surface area is 161 Å². The summed E-state index contributed by atoms with van der Waals surface area (Å²) in [6.45, 7) is 7.67. The van der Waals surface area contributed by atoms with Gasteiger partial charge < -0.3 is 10.1 Å². The molecule has 2 aromatic rings. The SMILES string of the molecule is Cc1ccc(C)c(S(=O)(=O)NCCNC(=O)COc2cccc(C)c2C)c1. The van der Waals surface area contributed by atoms with Gasteiger partial charge in [-0.15, -0.1) is 0 Å². The van der Waals surface area contributed by atoms with Crippen molar-refractivity contribution in [3.05, 3.63) is 58.7 Å². The van der Waals surface area contributed by atoms with Gasteiger partial charge in [0.1, 0.15) is 5.75 Å². The molecule has 0 spiro atoms. The predicted octanol–water partition coefficient (Wildman–Crippen LogP) is 2.39. The van der Waals surface area contributed by atoms with E-state index in [0.29, 0.717) is 11.3 Å².